The number of halogens is 2. The first-order chi connectivity index (χ1) is 12.8. The van der Waals surface area contributed by atoms with Crippen LogP contribution in [0.5, 0.6) is 0 Å². The van der Waals surface area contributed by atoms with Crippen LogP contribution in [0.15, 0.2) is 83.5 Å². The fourth-order valence-corrected chi connectivity index (χ4v) is 3.36. The number of benzene rings is 2. The number of aromatic nitrogens is 3. The topological polar surface area (TPSA) is 38.7 Å². The van der Waals surface area contributed by atoms with Gasteiger partial charge in [0.1, 0.15) is 5.69 Å². The smallest absolute Gasteiger partial charge is 0.243 e. The van der Waals surface area contributed by atoms with Crippen molar-refractivity contribution in [1.29, 1.82) is 0 Å². The molecule has 5 heteroatoms. The van der Waals surface area contributed by atoms with Gasteiger partial charge in [0.25, 0.3) is 0 Å². The summed E-state index contributed by atoms with van der Waals surface area (Å²) in [5.74, 6) is -0.640. The quantitative estimate of drug-likeness (QED) is 0.433. The molecule has 0 aliphatic rings. The molecule has 0 aliphatic heterocycles. The summed E-state index contributed by atoms with van der Waals surface area (Å²) in [5.41, 5.74) is 3.84. The average Bonchev–Trinajstić information content (AvgIpc) is 2.70. The van der Waals surface area contributed by atoms with E-state index >= 15 is 0 Å². The monoisotopic (exact) mass is 405 g/mol. The van der Waals surface area contributed by atoms with Gasteiger partial charge in [-0.1, -0.05) is 70.5 Å². The van der Waals surface area contributed by atoms with Crippen LogP contribution in [0.1, 0.15) is 0 Å². The third kappa shape index (κ3) is 3.02. The van der Waals surface area contributed by atoms with Crippen LogP contribution in [0.2, 0.25) is 0 Å². The summed E-state index contributed by atoms with van der Waals surface area (Å²) in [4.78, 5) is 4.33. The maximum atomic E-state index is 14.8. The second-order valence-electron chi connectivity index (χ2n) is 5.65. The second kappa shape index (κ2) is 7.14. The third-order valence-electron chi connectivity index (χ3n) is 4.04. The number of rotatable bonds is 3. The fourth-order valence-electron chi connectivity index (χ4n) is 2.89. The zero-order valence-electron chi connectivity index (χ0n) is 13.6. The molecular formula is C21H13BrFN3. The molecule has 0 spiro atoms. The minimum absolute atomic E-state index is 0.345. The van der Waals surface area contributed by atoms with Crippen molar-refractivity contribution in [2.24, 2.45) is 0 Å². The van der Waals surface area contributed by atoms with E-state index in [1.54, 1.807) is 18.3 Å². The molecule has 0 atom stereocenters. The van der Waals surface area contributed by atoms with Gasteiger partial charge < -0.3 is 0 Å². The van der Waals surface area contributed by atoms with E-state index in [2.05, 4.69) is 31.1 Å². The minimum Gasteiger partial charge on any atom is -0.256 e. The van der Waals surface area contributed by atoms with Gasteiger partial charge in [-0.2, -0.15) is 4.39 Å². The number of nitrogens with zero attached hydrogens (tertiary/aromatic N) is 3. The Kier molecular flexibility index (Phi) is 4.54. The van der Waals surface area contributed by atoms with E-state index in [4.69, 9.17) is 0 Å². The Balaban J connectivity index is 2.10. The van der Waals surface area contributed by atoms with Crippen molar-refractivity contribution < 1.29 is 4.39 Å². The Labute approximate surface area is 158 Å². The van der Waals surface area contributed by atoms with E-state index in [1.165, 1.54) is 0 Å². The van der Waals surface area contributed by atoms with Gasteiger partial charge in [0.05, 0.1) is 11.3 Å². The highest BCUT2D eigenvalue weighted by Gasteiger charge is 2.22. The molecule has 126 valence electrons. The molecule has 3 nitrogen and oxygen atoms in total. The fraction of sp³-hybridized carbons (Fsp3) is 0. The number of hydrogen-bond acceptors (Lipinski definition) is 3. The number of hydrogen-bond donors (Lipinski definition) is 0. The molecule has 0 bridgehead atoms. The molecule has 4 aromatic rings. The first kappa shape index (κ1) is 16.5. The van der Waals surface area contributed by atoms with E-state index < -0.39 is 5.95 Å². The van der Waals surface area contributed by atoms with Crippen LogP contribution in [0, 0.1) is 5.95 Å². The Morgan fingerprint density at radius 3 is 2.19 bits per heavy atom. The lowest BCUT2D eigenvalue weighted by Gasteiger charge is -2.15. The van der Waals surface area contributed by atoms with Gasteiger partial charge in [-0.3, -0.25) is 4.98 Å². The van der Waals surface area contributed by atoms with Crippen molar-refractivity contribution in [3.8, 4) is 33.6 Å². The van der Waals surface area contributed by atoms with E-state index in [0.29, 0.717) is 22.5 Å². The first-order valence-corrected chi connectivity index (χ1v) is 8.83. The summed E-state index contributed by atoms with van der Waals surface area (Å²) in [7, 11) is 0. The van der Waals surface area contributed by atoms with Crippen molar-refractivity contribution in [3.05, 3.63) is 89.4 Å². The molecule has 26 heavy (non-hydrogen) atoms. The van der Waals surface area contributed by atoms with Gasteiger partial charge in [-0.05, 0) is 23.8 Å². The van der Waals surface area contributed by atoms with E-state index in [9.17, 15) is 4.39 Å². The zero-order valence-corrected chi connectivity index (χ0v) is 15.2. The maximum Gasteiger partial charge on any atom is 0.243 e. The Hall–Kier alpha value is -2.92. The number of pyridine rings is 1. The molecule has 0 aliphatic carbocycles. The van der Waals surface area contributed by atoms with Gasteiger partial charge in [-0.25, -0.2) is 0 Å². The van der Waals surface area contributed by atoms with Crippen LogP contribution in [0.4, 0.5) is 4.39 Å². The first-order valence-electron chi connectivity index (χ1n) is 8.03. The normalized spacial score (nSPS) is 10.7. The van der Waals surface area contributed by atoms with E-state index in [0.717, 1.165) is 15.6 Å². The highest BCUT2D eigenvalue weighted by atomic mass is 79.9. The molecule has 2 aromatic carbocycles. The molecule has 0 saturated heterocycles. The van der Waals surface area contributed by atoms with Crippen molar-refractivity contribution in [2.45, 2.75) is 0 Å². The molecule has 0 radical (unpaired) electrons. The lowest BCUT2D eigenvalue weighted by atomic mass is 9.94. The predicted molar refractivity (Wildman–Crippen MR) is 104 cm³/mol. The SMILES string of the molecule is Fc1nnc(-c2ccccc2Br)c(-c2ccccc2)c1-c1ccccn1. The zero-order chi connectivity index (χ0) is 17.9. The largest absolute Gasteiger partial charge is 0.256 e. The van der Waals surface area contributed by atoms with Crippen LogP contribution in [0.25, 0.3) is 33.6 Å². The van der Waals surface area contributed by atoms with Crippen LogP contribution >= 0.6 is 15.9 Å². The molecular weight excluding hydrogens is 393 g/mol. The third-order valence-corrected chi connectivity index (χ3v) is 4.73. The lowest BCUT2D eigenvalue weighted by molar-refractivity contribution is 0.568. The van der Waals surface area contributed by atoms with Crippen molar-refractivity contribution in [2.75, 3.05) is 0 Å². The molecule has 0 amide bonds. The summed E-state index contributed by atoms with van der Waals surface area (Å²) in [6.45, 7) is 0. The van der Waals surface area contributed by atoms with Crippen molar-refractivity contribution >= 4 is 15.9 Å². The van der Waals surface area contributed by atoms with Gasteiger partial charge in [0.15, 0.2) is 0 Å². The van der Waals surface area contributed by atoms with Gasteiger partial charge >= 0.3 is 0 Å². The summed E-state index contributed by atoms with van der Waals surface area (Å²) in [6, 6.07) is 22.7. The van der Waals surface area contributed by atoms with Crippen LogP contribution in [0.3, 0.4) is 0 Å². The van der Waals surface area contributed by atoms with E-state index in [1.807, 2.05) is 60.7 Å². The summed E-state index contributed by atoms with van der Waals surface area (Å²) in [6.07, 6.45) is 1.64. The standard InChI is InChI=1S/C21H13BrFN3/c22-16-11-5-4-10-15(16)20-18(14-8-2-1-3-9-14)19(21(23)26-25-20)17-12-6-7-13-24-17/h1-13H. The second-order valence-corrected chi connectivity index (χ2v) is 6.50. The highest BCUT2D eigenvalue weighted by Crippen LogP contribution is 2.40. The van der Waals surface area contributed by atoms with Gasteiger partial charge in [0.2, 0.25) is 5.95 Å². The molecule has 2 aromatic heterocycles. The Morgan fingerprint density at radius 1 is 0.731 bits per heavy atom. The minimum atomic E-state index is -0.640. The van der Waals surface area contributed by atoms with Gasteiger partial charge in [-0.15, -0.1) is 10.2 Å². The summed E-state index contributed by atoms with van der Waals surface area (Å²) in [5, 5.41) is 7.97. The molecule has 0 saturated carbocycles. The Bertz CT molecular complexity index is 1050. The summed E-state index contributed by atoms with van der Waals surface area (Å²) < 4.78 is 15.7. The van der Waals surface area contributed by atoms with Crippen molar-refractivity contribution in [1.82, 2.24) is 15.2 Å². The molecule has 4 rings (SSSR count). The molecule has 0 N–H and O–H groups in total. The van der Waals surface area contributed by atoms with Crippen LogP contribution in [-0.2, 0) is 0 Å². The molecule has 0 fully saturated rings. The highest BCUT2D eigenvalue weighted by molar-refractivity contribution is 9.10. The van der Waals surface area contributed by atoms with E-state index in [-0.39, 0.29) is 0 Å². The van der Waals surface area contributed by atoms with Crippen LogP contribution < -0.4 is 0 Å². The molecule has 0 unspecified atom stereocenters. The Morgan fingerprint density at radius 2 is 1.46 bits per heavy atom. The molecule has 2 heterocycles. The van der Waals surface area contributed by atoms with Gasteiger partial charge in [0, 0.05) is 21.8 Å². The average molecular weight is 406 g/mol. The maximum absolute atomic E-state index is 14.8. The van der Waals surface area contributed by atoms with Crippen LogP contribution in [-0.4, -0.2) is 15.2 Å². The predicted octanol–water partition coefficient (Wildman–Crippen LogP) is 5.77. The summed E-state index contributed by atoms with van der Waals surface area (Å²) >= 11 is 3.56. The van der Waals surface area contributed by atoms with Crippen molar-refractivity contribution in [3.63, 3.8) is 0 Å². The lowest BCUT2D eigenvalue weighted by Crippen LogP contribution is -2.02.